The third kappa shape index (κ3) is 4.20. The van der Waals surface area contributed by atoms with Gasteiger partial charge in [0, 0.05) is 18.6 Å². The average molecular weight is 253 g/mol. The first-order chi connectivity index (χ1) is 8.50. The second kappa shape index (κ2) is 6.33. The fourth-order valence-corrected chi connectivity index (χ4v) is 1.22. The van der Waals surface area contributed by atoms with Crippen molar-refractivity contribution in [2.24, 2.45) is 0 Å². The van der Waals surface area contributed by atoms with Gasteiger partial charge in [0.25, 0.3) is 5.69 Å². The molecule has 1 N–H and O–H groups in total. The second-order valence-electron chi connectivity index (χ2n) is 3.44. The van der Waals surface area contributed by atoms with Crippen LogP contribution in [0.1, 0.15) is 23.2 Å². The van der Waals surface area contributed by atoms with E-state index in [1.165, 1.54) is 18.2 Å². The highest BCUT2D eigenvalue weighted by atomic mass is 16.6. The summed E-state index contributed by atoms with van der Waals surface area (Å²) < 4.78 is 4.79. The largest absolute Gasteiger partial charge is 0.481 e. The zero-order valence-corrected chi connectivity index (χ0v) is 9.37. The monoisotopic (exact) mass is 253 g/mol. The summed E-state index contributed by atoms with van der Waals surface area (Å²) in [6.07, 6.45) is 0.109. The molecule has 1 rings (SSSR count). The van der Waals surface area contributed by atoms with Gasteiger partial charge in [0.2, 0.25) is 0 Å². The van der Waals surface area contributed by atoms with Crippen LogP contribution >= 0.6 is 0 Å². The lowest BCUT2D eigenvalue weighted by molar-refractivity contribution is -0.384. The summed E-state index contributed by atoms with van der Waals surface area (Å²) in [6.45, 7) is -0.0339. The third-order valence-corrected chi connectivity index (χ3v) is 2.06. The molecule has 0 saturated heterocycles. The average Bonchev–Trinajstić information content (AvgIpc) is 2.34. The highest BCUT2D eigenvalue weighted by Crippen LogP contribution is 2.13. The predicted molar refractivity (Wildman–Crippen MR) is 60.2 cm³/mol. The van der Waals surface area contributed by atoms with Crippen LogP contribution in [0, 0.1) is 10.1 Å². The van der Waals surface area contributed by atoms with Crippen molar-refractivity contribution in [2.75, 3.05) is 6.61 Å². The number of aliphatic carboxylic acids is 1. The molecule has 7 heteroatoms. The lowest BCUT2D eigenvalue weighted by Gasteiger charge is -2.03. The van der Waals surface area contributed by atoms with E-state index in [9.17, 15) is 19.7 Å². The third-order valence-electron chi connectivity index (χ3n) is 2.06. The summed E-state index contributed by atoms with van der Waals surface area (Å²) in [6, 6.07) is 5.15. The fourth-order valence-electron chi connectivity index (χ4n) is 1.22. The number of carbonyl (C=O) groups excluding carboxylic acids is 1. The number of ether oxygens (including phenoxy) is 1. The van der Waals surface area contributed by atoms with E-state index in [0.29, 0.717) is 0 Å². The van der Waals surface area contributed by atoms with E-state index in [-0.39, 0.29) is 30.7 Å². The maximum Gasteiger partial charge on any atom is 0.338 e. The van der Waals surface area contributed by atoms with Crippen molar-refractivity contribution in [1.29, 1.82) is 0 Å². The highest BCUT2D eigenvalue weighted by molar-refractivity contribution is 5.90. The molecule has 0 amide bonds. The minimum absolute atomic E-state index is 0.0339. The minimum atomic E-state index is -0.971. The molecule has 1 aromatic rings. The Labute approximate surface area is 102 Å². The molecule has 0 unspecified atom stereocenters. The lowest BCUT2D eigenvalue weighted by Crippen LogP contribution is -2.08. The molecule has 0 bridgehead atoms. The van der Waals surface area contributed by atoms with Gasteiger partial charge in [-0.3, -0.25) is 14.9 Å². The number of nitro groups is 1. The maximum atomic E-state index is 11.5. The van der Waals surface area contributed by atoms with E-state index < -0.39 is 16.9 Å². The molecule has 0 aliphatic carbocycles. The molecular formula is C11H11NO6. The summed E-state index contributed by atoms with van der Waals surface area (Å²) in [5.41, 5.74) is -0.130. The molecule has 96 valence electrons. The predicted octanol–water partition coefficient (Wildman–Crippen LogP) is 1.62. The fraction of sp³-hybridized carbons (Fsp3) is 0.273. The van der Waals surface area contributed by atoms with Gasteiger partial charge in [-0.15, -0.1) is 0 Å². The maximum absolute atomic E-state index is 11.5. The summed E-state index contributed by atoms with van der Waals surface area (Å²) in [4.78, 5) is 31.6. The van der Waals surface area contributed by atoms with Crippen LogP contribution in [0.4, 0.5) is 5.69 Å². The van der Waals surface area contributed by atoms with Crippen molar-refractivity contribution in [3.63, 3.8) is 0 Å². The zero-order valence-electron chi connectivity index (χ0n) is 9.37. The Hall–Kier alpha value is -2.44. The summed E-state index contributed by atoms with van der Waals surface area (Å²) in [5.74, 6) is -1.68. The first-order valence-electron chi connectivity index (χ1n) is 5.14. The van der Waals surface area contributed by atoms with E-state index in [1.54, 1.807) is 0 Å². The molecule has 18 heavy (non-hydrogen) atoms. The number of benzene rings is 1. The number of nitrogens with zero attached hydrogens (tertiary/aromatic N) is 1. The first-order valence-corrected chi connectivity index (χ1v) is 5.14. The zero-order chi connectivity index (χ0) is 13.5. The molecule has 0 aliphatic heterocycles. The van der Waals surface area contributed by atoms with Crippen LogP contribution < -0.4 is 0 Å². The van der Waals surface area contributed by atoms with Crippen molar-refractivity contribution >= 4 is 17.6 Å². The number of carboxylic acids is 1. The minimum Gasteiger partial charge on any atom is -0.481 e. The number of carbonyl (C=O) groups is 2. The number of rotatable bonds is 6. The summed E-state index contributed by atoms with van der Waals surface area (Å²) >= 11 is 0. The Balaban J connectivity index is 2.53. The molecule has 0 spiro atoms. The van der Waals surface area contributed by atoms with Crippen LogP contribution in [0.3, 0.4) is 0 Å². The Morgan fingerprint density at radius 2 is 2.11 bits per heavy atom. The van der Waals surface area contributed by atoms with Gasteiger partial charge in [-0.25, -0.2) is 4.79 Å². The van der Waals surface area contributed by atoms with Gasteiger partial charge in [-0.1, -0.05) is 6.07 Å². The number of non-ortho nitro benzene ring substituents is 1. The van der Waals surface area contributed by atoms with Gasteiger partial charge >= 0.3 is 11.9 Å². The molecule has 0 atom stereocenters. The van der Waals surface area contributed by atoms with Gasteiger partial charge in [-0.05, 0) is 12.5 Å². The van der Waals surface area contributed by atoms with E-state index in [4.69, 9.17) is 9.84 Å². The SMILES string of the molecule is O=C(O)CCCOC(=O)c1cccc([N+](=O)[O-])c1. The Kier molecular flexibility index (Phi) is 4.79. The number of hydrogen-bond acceptors (Lipinski definition) is 5. The van der Waals surface area contributed by atoms with Gasteiger partial charge in [0.1, 0.15) is 0 Å². The number of esters is 1. The normalized spacial score (nSPS) is 9.78. The molecule has 0 heterocycles. The van der Waals surface area contributed by atoms with Crippen molar-refractivity contribution in [3.8, 4) is 0 Å². The number of carboxylic acid groups (broad SMARTS) is 1. The molecular weight excluding hydrogens is 242 g/mol. The molecule has 0 aromatic heterocycles. The van der Waals surface area contributed by atoms with E-state index in [0.717, 1.165) is 6.07 Å². The van der Waals surface area contributed by atoms with Crippen LogP contribution in [-0.2, 0) is 9.53 Å². The second-order valence-corrected chi connectivity index (χ2v) is 3.44. The van der Waals surface area contributed by atoms with Gasteiger partial charge in [0.15, 0.2) is 0 Å². The van der Waals surface area contributed by atoms with Crippen LogP contribution in [0.15, 0.2) is 24.3 Å². The summed E-state index contributed by atoms with van der Waals surface area (Å²) in [7, 11) is 0. The Morgan fingerprint density at radius 3 is 2.72 bits per heavy atom. The standard InChI is InChI=1S/C11H11NO6/c13-10(14)5-2-6-18-11(15)8-3-1-4-9(7-8)12(16)17/h1,3-4,7H,2,5-6H2,(H,13,14). The van der Waals surface area contributed by atoms with E-state index >= 15 is 0 Å². The lowest BCUT2D eigenvalue weighted by atomic mass is 10.2. The Morgan fingerprint density at radius 1 is 1.39 bits per heavy atom. The van der Waals surface area contributed by atoms with Crippen molar-refractivity contribution in [1.82, 2.24) is 0 Å². The van der Waals surface area contributed by atoms with E-state index in [1.807, 2.05) is 0 Å². The van der Waals surface area contributed by atoms with E-state index in [2.05, 4.69) is 0 Å². The molecule has 0 aliphatic rings. The van der Waals surface area contributed by atoms with Gasteiger partial charge in [-0.2, -0.15) is 0 Å². The molecule has 0 fully saturated rings. The molecule has 0 saturated carbocycles. The topological polar surface area (TPSA) is 107 Å². The van der Waals surface area contributed by atoms with Crippen molar-refractivity contribution in [3.05, 3.63) is 39.9 Å². The molecule has 1 aromatic carbocycles. The highest BCUT2D eigenvalue weighted by Gasteiger charge is 2.12. The van der Waals surface area contributed by atoms with Crippen molar-refractivity contribution < 1.29 is 24.4 Å². The smallest absolute Gasteiger partial charge is 0.338 e. The first kappa shape index (κ1) is 13.6. The summed E-state index contributed by atoms with van der Waals surface area (Å²) in [5, 5.41) is 18.9. The van der Waals surface area contributed by atoms with Crippen LogP contribution in [0.25, 0.3) is 0 Å². The van der Waals surface area contributed by atoms with Gasteiger partial charge < -0.3 is 9.84 Å². The molecule has 7 nitrogen and oxygen atoms in total. The number of nitro benzene ring substituents is 1. The number of hydrogen-bond donors (Lipinski definition) is 1. The van der Waals surface area contributed by atoms with Crippen LogP contribution in [0.5, 0.6) is 0 Å². The Bertz CT molecular complexity index is 470. The van der Waals surface area contributed by atoms with Crippen LogP contribution in [0.2, 0.25) is 0 Å². The van der Waals surface area contributed by atoms with Crippen molar-refractivity contribution in [2.45, 2.75) is 12.8 Å². The van der Waals surface area contributed by atoms with Gasteiger partial charge in [0.05, 0.1) is 17.1 Å². The van der Waals surface area contributed by atoms with Crippen LogP contribution in [-0.4, -0.2) is 28.6 Å². The molecule has 0 radical (unpaired) electrons. The quantitative estimate of drug-likeness (QED) is 0.357.